The summed E-state index contributed by atoms with van der Waals surface area (Å²) in [4.78, 5) is 29.6. The molecule has 2 amide bonds. The molecule has 28 heavy (non-hydrogen) atoms. The van der Waals surface area contributed by atoms with Crippen molar-refractivity contribution in [3.8, 4) is 0 Å². The van der Waals surface area contributed by atoms with Crippen LogP contribution in [-0.2, 0) is 9.59 Å². The van der Waals surface area contributed by atoms with Gasteiger partial charge in [0.15, 0.2) is 0 Å². The summed E-state index contributed by atoms with van der Waals surface area (Å²) in [5, 5.41) is 3.21. The Balaban J connectivity index is 1.19. The molecule has 4 rings (SSSR count). The molecule has 2 heterocycles. The largest absolute Gasteiger partial charge is 0.356 e. The van der Waals surface area contributed by atoms with E-state index in [1.807, 2.05) is 0 Å². The van der Waals surface area contributed by atoms with Gasteiger partial charge in [0.1, 0.15) is 0 Å². The first-order valence-electron chi connectivity index (χ1n) is 11.7. The number of allylic oxidation sites excluding steroid dienone is 1. The van der Waals surface area contributed by atoms with Gasteiger partial charge in [0, 0.05) is 38.1 Å². The molecule has 0 bridgehead atoms. The second-order valence-electron chi connectivity index (χ2n) is 9.31. The molecule has 1 N–H and O–H groups in total. The van der Waals surface area contributed by atoms with Crippen molar-refractivity contribution in [3.63, 3.8) is 0 Å². The van der Waals surface area contributed by atoms with Gasteiger partial charge in [-0.2, -0.15) is 0 Å². The third kappa shape index (κ3) is 5.16. The third-order valence-electron chi connectivity index (χ3n) is 7.17. The molecule has 0 spiro atoms. The second-order valence-corrected chi connectivity index (χ2v) is 9.31. The maximum atomic E-state index is 12.7. The van der Waals surface area contributed by atoms with Crippen LogP contribution in [0.1, 0.15) is 70.6 Å². The number of rotatable bonds is 6. The fraction of sp³-hybridized carbons (Fsp3) is 0.826. The van der Waals surface area contributed by atoms with Crippen LogP contribution in [0.15, 0.2) is 11.6 Å². The number of piperidine rings is 2. The number of carbonyl (C=O) groups is 2. The zero-order valence-corrected chi connectivity index (χ0v) is 17.3. The SMILES string of the molecule is O=C(NCCC1=CCCCC1)C1CCCN(C2CCN(C(=O)C3CC3)CC2)C1. The highest BCUT2D eigenvalue weighted by molar-refractivity contribution is 5.81. The molecule has 0 aromatic heterocycles. The fourth-order valence-electron chi connectivity index (χ4n) is 5.21. The highest BCUT2D eigenvalue weighted by Gasteiger charge is 2.37. The Morgan fingerprint density at radius 3 is 2.50 bits per heavy atom. The summed E-state index contributed by atoms with van der Waals surface area (Å²) in [6.07, 6.45) is 14.9. The van der Waals surface area contributed by atoms with Crippen LogP contribution < -0.4 is 5.32 Å². The van der Waals surface area contributed by atoms with Crippen molar-refractivity contribution in [2.75, 3.05) is 32.7 Å². The number of carbonyl (C=O) groups excluding carboxylic acids is 2. The predicted octanol–water partition coefficient (Wildman–Crippen LogP) is 3.11. The van der Waals surface area contributed by atoms with Crippen molar-refractivity contribution in [2.24, 2.45) is 11.8 Å². The molecule has 3 fully saturated rings. The van der Waals surface area contributed by atoms with E-state index in [0.29, 0.717) is 17.9 Å². The molecule has 0 radical (unpaired) electrons. The zero-order chi connectivity index (χ0) is 19.3. The van der Waals surface area contributed by atoms with Gasteiger partial charge >= 0.3 is 0 Å². The van der Waals surface area contributed by atoms with Crippen molar-refractivity contribution in [2.45, 2.75) is 76.7 Å². The van der Waals surface area contributed by atoms with Crippen molar-refractivity contribution < 1.29 is 9.59 Å². The molecule has 1 saturated carbocycles. The van der Waals surface area contributed by atoms with Crippen LogP contribution in [0, 0.1) is 11.8 Å². The Hall–Kier alpha value is -1.36. The molecule has 5 heteroatoms. The molecule has 1 atom stereocenters. The number of hydrogen-bond donors (Lipinski definition) is 1. The van der Waals surface area contributed by atoms with E-state index in [1.165, 1.54) is 31.3 Å². The lowest BCUT2D eigenvalue weighted by atomic mass is 9.93. The average Bonchev–Trinajstić information content (AvgIpc) is 3.60. The summed E-state index contributed by atoms with van der Waals surface area (Å²) in [6, 6.07) is 0.547. The van der Waals surface area contributed by atoms with Crippen LogP contribution in [0.2, 0.25) is 0 Å². The van der Waals surface area contributed by atoms with Gasteiger partial charge in [-0.1, -0.05) is 11.6 Å². The first-order chi connectivity index (χ1) is 13.7. The van der Waals surface area contributed by atoms with Crippen LogP contribution >= 0.6 is 0 Å². The lowest BCUT2D eigenvalue weighted by Gasteiger charge is -2.42. The molecular formula is C23H37N3O2. The summed E-state index contributed by atoms with van der Waals surface area (Å²) in [7, 11) is 0. The zero-order valence-electron chi connectivity index (χ0n) is 17.3. The van der Waals surface area contributed by atoms with Gasteiger partial charge in [-0.05, 0) is 77.2 Å². The lowest BCUT2D eigenvalue weighted by Crippen LogP contribution is -2.51. The summed E-state index contributed by atoms with van der Waals surface area (Å²) >= 11 is 0. The topological polar surface area (TPSA) is 52.7 Å². The second kappa shape index (κ2) is 9.43. The monoisotopic (exact) mass is 387 g/mol. The van der Waals surface area contributed by atoms with Gasteiger partial charge in [-0.25, -0.2) is 0 Å². The minimum atomic E-state index is 0.139. The summed E-state index contributed by atoms with van der Waals surface area (Å²) in [5.41, 5.74) is 1.53. The minimum absolute atomic E-state index is 0.139. The van der Waals surface area contributed by atoms with E-state index in [0.717, 1.165) is 77.7 Å². The Morgan fingerprint density at radius 2 is 1.79 bits per heavy atom. The Bertz CT molecular complexity index is 591. The normalized spacial score (nSPS) is 27.4. The Morgan fingerprint density at radius 1 is 0.964 bits per heavy atom. The fourth-order valence-corrected chi connectivity index (χ4v) is 5.21. The summed E-state index contributed by atoms with van der Waals surface area (Å²) in [6.45, 7) is 4.61. The molecule has 5 nitrogen and oxygen atoms in total. The molecular weight excluding hydrogens is 350 g/mol. The minimum Gasteiger partial charge on any atom is -0.356 e. The molecule has 156 valence electrons. The van der Waals surface area contributed by atoms with E-state index in [-0.39, 0.29) is 11.8 Å². The number of nitrogens with one attached hydrogen (secondary N) is 1. The maximum Gasteiger partial charge on any atom is 0.225 e. The number of amides is 2. The van der Waals surface area contributed by atoms with Gasteiger partial charge in [-0.3, -0.25) is 14.5 Å². The van der Waals surface area contributed by atoms with Crippen molar-refractivity contribution in [1.29, 1.82) is 0 Å². The highest BCUT2D eigenvalue weighted by Crippen LogP contribution is 2.32. The molecule has 2 saturated heterocycles. The summed E-state index contributed by atoms with van der Waals surface area (Å²) < 4.78 is 0. The van der Waals surface area contributed by atoms with Crippen LogP contribution in [0.5, 0.6) is 0 Å². The van der Waals surface area contributed by atoms with E-state index in [4.69, 9.17) is 0 Å². The molecule has 0 aromatic rings. The molecule has 2 aliphatic carbocycles. The van der Waals surface area contributed by atoms with E-state index >= 15 is 0 Å². The Kier molecular flexibility index (Phi) is 6.71. The smallest absolute Gasteiger partial charge is 0.225 e. The molecule has 1 unspecified atom stereocenters. The Labute approximate surface area is 169 Å². The van der Waals surface area contributed by atoms with Crippen molar-refractivity contribution >= 4 is 11.8 Å². The van der Waals surface area contributed by atoms with E-state index in [9.17, 15) is 9.59 Å². The van der Waals surface area contributed by atoms with Gasteiger partial charge < -0.3 is 10.2 Å². The molecule has 0 aromatic carbocycles. The predicted molar refractivity (Wildman–Crippen MR) is 111 cm³/mol. The number of nitrogens with zero attached hydrogens (tertiary/aromatic N) is 2. The van der Waals surface area contributed by atoms with Crippen LogP contribution in [0.3, 0.4) is 0 Å². The number of likely N-dealkylation sites (tertiary alicyclic amines) is 2. The lowest BCUT2D eigenvalue weighted by molar-refractivity contribution is -0.134. The van der Waals surface area contributed by atoms with Crippen LogP contribution in [0.4, 0.5) is 0 Å². The van der Waals surface area contributed by atoms with E-state index < -0.39 is 0 Å². The first-order valence-corrected chi connectivity index (χ1v) is 11.7. The van der Waals surface area contributed by atoms with Crippen LogP contribution in [-0.4, -0.2) is 60.4 Å². The first kappa shape index (κ1) is 19.9. The average molecular weight is 388 g/mol. The van der Waals surface area contributed by atoms with Gasteiger partial charge in [-0.15, -0.1) is 0 Å². The van der Waals surface area contributed by atoms with E-state index in [2.05, 4.69) is 21.2 Å². The van der Waals surface area contributed by atoms with Crippen molar-refractivity contribution in [3.05, 3.63) is 11.6 Å². The molecule has 4 aliphatic rings. The number of hydrogen-bond acceptors (Lipinski definition) is 3. The van der Waals surface area contributed by atoms with Gasteiger partial charge in [0.05, 0.1) is 5.92 Å². The standard InChI is InChI=1S/C23H37N3O2/c27-22(24-13-10-18-5-2-1-3-6-18)20-7-4-14-26(17-20)21-11-15-25(16-12-21)23(28)19-8-9-19/h5,19-21H,1-4,6-17H2,(H,24,27). The van der Waals surface area contributed by atoms with Gasteiger partial charge in [0.25, 0.3) is 0 Å². The van der Waals surface area contributed by atoms with Gasteiger partial charge in [0.2, 0.25) is 11.8 Å². The third-order valence-corrected chi connectivity index (χ3v) is 7.17. The summed E-state index contributed by atoms with van der Waals surface area (Å²) in [5.74, 6) is 1.12. The quantitative estimate of drug-likeness (QED) is 0.713. The van der Waals surface area contributed by atoms with E-state index in [1.54, 1.807) is 0 Å². The molecule has 2 aliphatic heterocycles. The van der Waals surface area contributed by atoms with Crippen LogP contribution in [0.25, 0.3) is 0 Å². The maximum absolute atomic E-state index is 12.7. The highest BCUT2D eigenvalue weighted by atomic mass is 16.2. The van der Waals surface area contributed by atoms with Crippen molar-refractivity contribution in [1.82, 2.24) is 15.1 Å².